The van der Waals surface area contributed by atoms with Crippen LogP contribution in [0.5, 0.6) is 5.75 Å². The fourth-order valence-electron chi connectivity index (χ4n) is 2.89. The lowest BCUT2D eigenvalue weighted by Gasteiger charge is -2.28. The zero-order chi connectivity index (χ0) is 17.2. The van der Waals surface area contributed by atoms with Gasteiger partial charge in [0, 0.05) is 11.9 Å². The lowest BCUT2D eigenvalue weighted by Crippen LogP contribution is -2.42. The van der Waals surface area contributed by atoms with Crippen molar-refractivity contribution in [1.29, 1.82) is 0 Å². The minimum atomic E-state index is -0.479. The number of hydrogen-bond donors (Lipinski definition) is 0. The molecule has 1 fully saturated rings. The van der Waals surface area contributed by atoms with Gasteiger partial charge in [0.15, 0.2) is 0 Å². The topological polar surface area (TPSA) is 51.7 Å². The summed E-state index contributed by atoms with van der Waals surface area (Å²) in [5.74, 6) is 0.727. The molecule has 1 aliphatic rings. The van der Waals surface area contributed by atoms with E-state index in [9.17, 15) is 4.79 Å². The van der Waals surface area contributed by atoms with E-state index in [0.29, 0.717) is 6.61 Å². The summed E-state index contributed by atoms with van der Waals surface area (Å²) in [5.41, 5.74) is 0.467. The second-order valence-corrected chi connectivity index (χ2v) is 7.14. The minimum absolute atomic E-state index is 0.0475. The molecular weight excluding hydrogens is 304 g/mol. The third-order valence-electron chi connectivity index (χ3n) is 4.01. The Bertz CT molecular complexity index is 724. The molecule has 0 bridgehead atoms. The summed E-state index contributed by atoms with van der Waals surface area (Å²) in [6, 6.07) is 9.96. The molecular formula is C19H24N2O3. The minimum Gasteiger partial charge on any atom is -0.490 e. The van der Waals surface area contributed by atoms with Crippen LogP contribution in [0.4, 0.5) is 4.79 Å². The van der Waals surface area contributed by atoms with Gasteiger partial charge in [-0.2, -0.15) is 0 Å². The average Bonchev–Trinajstić information content (AvgIpc) is 3.00. The molecule has 2 heterocycles. The first-order valence-corrected chi connectivity index (χ1v) is 8.39. The van der Waals surface area contributed by atoms with Gasteiger partial charge in [-0.15, -0.1) is 0 Å². The molecule has 3 rings (SSSR count). The number of ether oxygens (including phenoxy) is 2. The van der Waals surface area contributed by atoms with Crippen LogP contribution in [0.3, 0.4) is 0 Å². The molecule has 1 aliphatic heterocycles. The summed E-state index contributed by atoms with van der Waals surface area (Å²) in [6.07, 6.45) is 3.38. The van der Waals surface area contributed by atoms with Gasteiger partial charge in [-0.25, -0.2) is 4.79 Å². The molecule has 1 saturated heterocycles. The maximum atomic E-state index is 12.3. The highest BCUT2D eigenvalue weighted by molar-refractivity contribution is 5.79. The fourth-order valence-corrected chi connectivity index (χ4v) is 2.89. The number of aromatic nitrogens is 1. The Kier molecular flexibility index (Phi) is 4.60. The van der Waals surface area contributed by atoms with E-state index < -0.39 is 5.60 Å². The van der Waals surface area contributed by atoms with Gasteiger partial charge in [0.1, 0.15) is 18.0 Å². The second-order valence-electron chi connectivity index (χ2n) is 7.14. The molecule has 1 amide bonds. The number of fused-ring (bicyclic) bond motifs is 1. The normalized spacial score (nSPS) is 18.0. The number of benzene rings is 1. The molecule has 0 N–H and O–H groups in total. The van der Waals surface area contributed by atoms with Gasteiger partial charge in [0.2, 0.25) is 0 Å². The van der Waals surface area contributed by atoms with Crippen LogP contribution in [0.25, 0.3) is 10.9 Å². The zero-order valence-electron chi connectivity index (χ0n) is 14.5. The number of nitrogens with zero attached hydrogens (tertiary/aromatic N) is 2. The second kappa shape index (κ2) is 6.67. The summed E-state index contributed by atoms with van der Waals surface area (Å²) in [6.45, 7) is 6.83. The molecule has 5 nitrogen and oxygen atoms in total. The van der Waals surface area contributed by atoms with E-state index in [-0.39, 0.29) is 12.1 Å². The number of rotatable bonds is 3. The van der Waals surface area contributed by atoms with Crippen molar-refractivity contribution in [3.05, 3.63) is 36.5 Å². The van der Waals surface area contributed by atoms with E-state index in [0.717, 1.165) is 36.0 Å². The van der Waals surface area contributed by atoms with Crippen molar-refractivity contribution in [2.45, 2.75) is 45.3 Å². The molecule has 0 spiro atoms. The largest absolute Gasteiger partial charge is 0.490 e. The van der Waals surface area contributed by atoms with E-state index >= 15 is 0 Å². The number of para-hydroxylation sites is 1. The zero-order valence-corrected chi connectivity index (χ0v) is 14.5. The maximum Gasteiger partial charge on any atom is 0.410 e. The van der Waals surface area contributed by atoms with Gasteiger partial charge >= 0.3 is 6.09 Å². The molecule has 24 heavy (non-hydrogen) atoms. The first-order chi connectivity index (χ1) is 11.4. The van der Waals surface area contributed by atoms with Crippen molar-refractivity contribution in [2.24, 2.45) is 0 Å². The average molecular weight is 328 g/mol. The molecule has 0 aliphatic carbocycles. The Morgan fingerprint density at radius 3 is 2.92 bits per heavy atom. The van der Waals surface area contributed by atoms with Crippen LogP contribution < -0.4 is 4.74 Å². The summed E-state index contributed by atoms with van der Waals surface area (Å²) in [7, 11) is 0. The van der Waals surface area contributed by atoms with Crippen LogP contribution >= 0.6 is 0 Å². The van der Waals surface area contributed by atoms with Crippen LogP contribution in [-0.2, 0) is 4.74 Å². The molecule has 0 radical (unpaired) electrons. The standard InChI is InChI=1S/C19H24N2O3/c1-19(2,3)24-18(22)21-10-6-8-15(21)13-23-16-11-14-7-4-5-9-17(14)20-12-16/h4-5,7,9,11-12,15H,6,8,10,13H2,1-3H3/t15-/m1/s1. The highest BCUT2D eigenvalue weighted by Gasteiger charge is 2.32. The van der Waals surface area contributed by atoms with Gasteiger partial charge in [-0.05, 0) is 45.7 Å². The molecule has 128 valence electrons. The third-order valence-corrected chi connectivity index (χ3v) is 4.01. The number of carbonyl (C=O) groups is 1. The lowest BCUT2D eigenvalue weighted by atomic mass is 10.2. The Hall–Kier alpha value is -2.30. The first kappa shape index (κ1) is 16.6. The molecule has 1 atom stereocenters. The SMILES string of the molecule is CC(C)(C)OC(=O)N1CCC[C@@H]1COc1cnc2ccccc2c1. The smallest absolute Gasteiger partial charge is 0.410 e. The Morgan fingerprint density at radius 1 is 1.33 bits per heavy atom. The number of pyridine rings is 1. The van der Waals surface area contributed by atoms with Gasteiger partial charge in [-0.1, -0.05) is 18.2 Å². The van der Waals surface area contributed by atoms with Gasteiger partial charge in [0.05, 0.1) is 17.8 Å². The molecule has 0 saturated carbocycles. The van der Waals surface area contributed by atoms with Crippen LogP contribution in [0.15, 0.2) is 36.5 Å². The Labute approximate surface area is 142 Å². The van der Waals surface area contributed by atoms with Gasteiger partial charge < -0.3 is 14.4 Å². The third kappa shape index (κ3) is 3.96. The monoisotopic (exact) mass is 328 g/mol. The van der Waals surface area contributed by atoms with Crippen molar-refractivity contribution >= 4 is 17.0 Å². The van der Waals surface area contributed by atoms with E-state index in [4.69, 9.17) is 9.47 Å². The van der Waals surface area contributed by atoms with Crippen LogP contribution in [0.1, 0.15) is 33.6 Å². The number of carbonyl (C=O) groups excluding carboxylic acids is 1. The van der Waals surface area contributed by atoms with Crippen LogP contribution in [-0.4, -0.2) is 40.8 Å². The molecule has 0 unspecified atom stereocenters. The summed E-state index contributed by atoms with van der Waals surface area (Å²) < 4.78 is 11.4. The van der Waals surface area contributed by atoms with E-state index in [1.807, 2.05) is 51.1 Å². The van der Waals surface area contributed by atoms with Gasteiger partial charge in [0.25, 0.3) is 0 Å². The van der Waals surface area contributed by atoms with Crippen molar-refractivity contribution in [1.82, 2.24) is 9.88 Å². The van der Waals surface area contributed by atoms with Crippen LogP contribution in [0.2, 0.25) is 0 Å². The molecule has 2 aromatic rings. The fraction of sp³-hybridized carbons (Fsp3) is 0.474. The molecule has 1 aromatic heterocycles. The number of likely N-dealkylation sites (tertiary alicyclic amines) is 1. The molecule has 5 heteroatoms. The van der Waals surface area contributed by atoms with E-state index in [1.54, 1.807) is 11.1 Å². The van der Waals surface area contributed by atoms with Crippen molar-refractivity contribution in [2.75, 3.05) is 13.2 Å². The maximum absolute atomic E-state index is 12.3. The Morgan fingerprint density at radius 2 is 2.12 bits per heavy atom. The van der Waals surface area contributed by atoms with E-state index in [2.05, 4.69) is 4.98 Å². The van der Waals surface area contributed by atoms with Crippen molar-refractivity contribution in [3.63, 3.8) is 0 Å². The quantitative estimate of drug-likeness (QED) is 0.854. The predicted octanol–water partition coefficient (Wildman–Crippen LogP) is 4.01. The summed E-state index contributed by atoms with van der Waals surface area (Å²) in [4.78, 5) is 18.5. The van der Waals surface area contributed by atoms with Crippen molar-refractivity contribution in [3.8, 4) is 5.75 Å². The van der Waals surface area contributed by atoms with E-state index in [1.165, 1.54) is 0 Å². The summed E-state index contributed by atoms with van der Waals surface area (Å²) >= 11 is 0. The number of hydrogen-bond acceptors (Lipinski definition) is 4. The van der Waals surface area contributed by atoms with Crippen molar-refractivity contribution < 1.29 is 14.3 Å². The number of amides is 1. The van der Waals surface area contributed by atoms with Gasteiger partial charge in [-0.3, -0.25) is 4.98 Å². The first-order valence-electron chi connectivity index (χ1n) is 8.39. The predicted molar refractivity (Wildman–Crippen MR) is 93.2 cm³/mol. The van der Waals surface area contributed by atoms with Crippen LogP contribution in [0, 0.1) is 0 Å². The molecule has 1 aromatic carbocycles. The lowest BCUT2D eigenvalue weighted by molar-refractivity contribution is 0.0187. The highest BCUT2D eigenvalue weighted by Crippen LogP contribution is 2.23. The summed E-state index contributed by atoms with van der Waals surface area (Å²) in [5, 5.41) is 1.05. The highest BCUT2D eigenvalue weighted by atomic mass is 16.6. The Balaban J connectivity index is 1.63.